The van der Waals surface area contributed by atoms with E-state index in [1.165, 1.54) is 0 Å². The van der Waals surface area contributed by atoms with Crippen molar-refractivity contribution >= 4 is 0 Å². The lowest BCUT2D eigenvalue weighted by molar-refractivity contribution is -0.0917. The van der Waals surface area contributed by atoms with Gasteiger partial charge in [0.05, 0.1) is 5.60 Å². The number of aliphatic hydroxyl groups is 1. The minimum atomic E-state index is -0.630. The van der Waals surface area contributed by atoms with Gasteiger partial charge in [0.25, 0.3) is 0 Å². The normalized spacial score (nSPS) is 17.6. The van der Waals surface area contributed by atoms with Crippen LogP contribution in [0.25, 0.3) is 0 Å². The highest BCUT2D eigenvalue weighted by atomic mass is 16.3. The highest BCUT2D eigenvalue weighted by Crippen LogP contribution is 2.39. The zero-order valence-corrected chi connectivity index (χ0v) is 9.02. The van der Waals surface area contributed by atoms with Crippen molar-refractivity contribution in [2.75, 3.05) is 0 Å². The second kappa shape index (κ2) is 3.61. The van der Waals surface area contributed by atoms with Crippen LogP contribution < -0.4 is 0 Å². The Bertz CT molecular complexity index is 153. The summed E-state index contributed by atoms with van der Waals surface area (Å²) < 4.78 is 0. The predicted molar refractivity (Wildman–Crippen MR) is 54.1 cm³/mol. The van der Waals surface area contributed by atoms with Crippen LogP contribution in [0.5, 0.6) is 0 Å². The average molecular weight is 170 g/mol. The quantitative estimate of drug-likeness (QED) is 0.646. The molecule has 0 radical (unpaired) electrons. The van der Waals surface area contributed by atoms with Gasteiger partial charge in [0.2, 0.25) is 0 Å². The van der Waals surface area contributed by atoms with Crippen LogP contribution in [0, 0.1) is 11.3 Å². The molecule has 0 spiro atoms. The summed E-state index contributed by atoms with van der Waals surface area (Å²) in [5.41, 5.74) is -0.718. The van der Waals surface area contributed by atoms with Crippen molar-refractivity contribution in [1.82, 2.24) is 0 Å². The molecule has 0 aliphatic carbocycles. The van der Waals surface area contributed by atoms with Gasteiger partial charge in [-0.3, -0.25) is 0 Å². The van der Waals surface area contributed by atoms with Crippen LogP contribution in [0.4, 0.5) is 0 Å². The molecule has 0 aliphatic heterocycles. The first-order valence-corrected chi connectivity index (χ1v) is 4.59. The second-order valence-corrected chi connectivity index (χ2v) is 4.82. The van der Waals surface area contributed by atoms with Gasteiger partial charge in [0.1, 0.15) is 0 Å². The van der Waals surface area contributed by atoms with Crippen LogP contribution in [0.15, 0.2) is 12.7 Å². The molecule has 0 aromatic rings. The van der Waals surface area contributed by atoms with E-state index in [1.54, 1.807) is 6.08 Å². The van der Waals surface area contributed by atoms with Crippen molar-refractivity contribution < 1.29 is 5.11 Å². The van der Waals surface area contributed by atoms with Gasteiger partial charge in [-0.25, -0.2) is 0 Å². The van der Waals surface area contributed by atoms with E-state index in [0.717, 1.165) is 0 Å². The van der Waals surface area contributed by atoms with Crippen molar-refractivity contribution in [1.29, 1.82) is 0 Å². The molecular formula is C11H22O. The molecule has 1 nitrogen and oxygen atoms in total. The summed E-state index contributed by atoms with van der Waals surface area (Å²) >= 11 is 0. The summed E-state index contributed by atoms with van der Waals surface area (Å²) in [5.74, 6) is 0.260. The topological polar surface area (TPSA) is 20.2 Å². The van der Waals surface area contributed by atoms with Crippen LogP contribution >= 0.6 is 0 Å². The highest BCUT2D eigenvalue weighted by Gasteiger charge is 2.41. The SMILES string of the molecule is C=CC[C@](O)(C(C)C)C(C)(C)C. The van der Waals surface area contributed by atoms with E-state index in [4.69, 9.17) is 0 Å². The maximum atomic E-state index is 10.4. The van der Waals surface area contributed by atoms with E-state index in [2.05, 4.69) is 41.2 Å². The van der Waals surface area contributed by atoms with Crippen LogP contribution in [0.1, 0.15) is 41.0 Å². The molecule has 0 unspecified atom stereocenters. The Labute approximate surface area is 76.5 Å². The Morgan fingerprint density at radius 3 is 1.83 bits per heavy atom. The van der Waals surface area contributed by atoms with Crippen molar-refractivity contribution in [3.8, 4) is 0 Å². The molecule has 72 valence electrons. The molecule has 1 N–H and O–H groups in total. The molecule has 12 heavy (non-hydrogen) atoms. The molecule has 0 saturated carbocycles. The van der Waals surface area contributed by atoms with Crippen LogP contribution in [0.2, 0.25) is 0 Å². The van der Waals surface area contributed by atoms with Gasteiger partial charge in [0.15, 0.2) is 0 Å². The largest absolute Gasteiger partial charge is 0.389 e. The molecule has 0 fully saturated rings. The van der Waals surface area contributed by atoms with Crippen LogP contribution in [-0.4, -0.2) is 10.7 Å². The fraction of sp³-hybridized carbons (Fsp3) is 0.818. The van der Waals surface area contributed by atoms with E-state index < -0.39 is 5.60 Å². The van der Waals surface area contributed by atoms with Crippen molar-refractivity contribution in [2.45, 2.75) is 46.6 Å². The zero-order chi connectivity index (χ0) is 9.99. The monoisotopic (exact) mass is 170 g/mol. The van der Waals surface area contributed by atoms with Gasteiger partial charge in [-0.2, -0.15) is 0 Å². The van der Waals surface area contributed by atoms with E-state index in [1.807, 2.05) is 0 Å². The van der Waals surface area contributed by atoms with Gasteiger partial charge in [-0.15, -0.1) is 6.58 Å². The molecule has 1 atom stereocenters. The van der Waals surface area contributed by atoms with Crippen molar-refractivity contribution in [3.63, 3.8) is 0 Å². The molecule has 0 heterocycles. The molecule has 0 aromatic heterocycles. The van der Waals surface area contributed by atoms with Crippen molar-refractivity contribution in [2.24, 2.45) is 11.3 Å². The van der Waals surface area contributed by atoms with Gasteiger partial charge in [-0.1, -0.05) is 40.7 Å². The van der Waals surface area contributed by atoms with Gasteiger partial charge < -0.3 is 5.11 Å². The van der Waals surface area contributed by atoms with Gasteiger partial charge >= 0.3 is 0 Å². The molecule has 0 bridgehead atoms. The third-order valence-corrected chi connectivity index (χ3v) is 2.71. The van der Waals surface area contributed by atoms with Crippen molar-refractivity contribution in [3.05, 3.63) is 12.7 Å². The van der Waals surface area contributed by atoms with E-state index >= 15 is 0 Å². The summed E-state index contributed by atoms with van der Waals surface area (Å²) in [5, 5.41) is 10.4. The van der Waals surface area contributed by atoms with Crippen LogP contribution in [-0.2, 0) is 0 Å². The minimum Gasteiger partial charge on any atom is -0.389 e. The Hall–Kier alpha value is -0.300. The highest BCUT2D eigenvalue weighted by molar-refractivity contribution is 4.97. The van der Waals surface area contributed by atoms with E-state index in [-0.39, 0.29) is 11.3 Å². The first kappa shape index (κ1) is 11.7. The Morgan fingerprint density at radius 2 is 1.75 bits per heavy atom. The minimum absolute atomic E-state index is 0.0879. The fourth-order valence-corrected chi connectivity index (χ4v) is 1.63. The summed E-state index contributed by atoms with van der Waals surface area (Å²) in [6.07, 6.45) is 2.46. The number of hydrogen-bond donors (Lipinski definition) is 1. The maximum absolute atomic E-state index is 10.4. The fourth-order valence-electron chi connectivity index (χ4n) is 1.63. The molecular weight excluding hydrogens is 148 g/mol. The summed E-state index contributed by atoms with van der Waals surface area (Å²) in [7, 11) is 0. The predicted octanol–water partition coefficient (Wildman–Crippen LogP) is 3.00. The van der Waals surface area contributed by atoms with E-state index in [9.17, 15) is 5.11 Å². The number of hydrogen-bond acceptors (Lipinski definition) is 1. The van der Waals surface area contributed by atoms with Gasteiger partial charge in [0, 0.05) is 0 Å². The molecule has 0 saturated heterocycles. The Kier molecular flexibility index (Phi) is 3.52. The standard InChI is InChI=1S/C11H22O/c1-7-8-11(12,9(2)3)10(4,5)6/h7,9,12H,1,8H2,2-6H3/t11-/m0/s1. The maximum Gasteiger partial charge on any atom is 0.0752 e. The smallest absolute Gasteiger partial charge is 0.0752 e. The summed E-state index contributed by atoms with van der Waals surface area (Å²) in [6, 6.07) is 0. The lowest BCUT2D eigenvalue weighted by Crippen LogP contribution is -2.47. The summed E-state index contributed by atoms with van der Waals surface area (Å²) in [4.78, 5) is 0. The first-order chi connectivity index (χ1) is 5.25. The lowest BCUT2D eigenvalue weighted by atomic mass is 9.68. The Balaban J connectivity index is 4.73. The lowest BCUT2D eigenvalue weighted by Gasteiger charge is -2.43. The molecule has 0 amide bonds. The van der Waals surface area contributed by atoms with E-state index in [0.29, 0.717) is 6.42 Å². The third-order valence-electron chi connectivity index (χ3n) is 2.71. The Morgan fingerprint density at radius 1 is 1.33 bits per heavy atom. The number of rotatable bonds is 3. The molecule has 0 aromatic carbocycles. The average Bonchev–Trinajstić information content (AvgIpc) is 1.85. The molecule has 0 rings (SSSR count). The first-order valence-electron chi connectivity index (χ1n) is 4.59. The molecule has 0 aliphatic rings. The molecule has 1 heteroatoms. The van der Waals surface area contributed by atoms with Gasteiger partial charge in [-0.05, 0) is 17.8 Å². The van der Waals surface area contributed by atoms with Crippen LogP contribution in [0.3, 0.4) is 0 Å². The second-order valence-electron chi connectivity index (χ2n) is 4.82. The third kappa shape index (κ3) is 2.10. The summed E-state index contributed by atoms with van der Waals surface area (Å²) in [6.45, 7) is 14.0. The zero-order valence-electron chi connectivity index (χ0n) is 9.02.